The molecule has 1 saturated heterocycles. The summed E-state index contributed by atoms with van der Waals surface area (Å²) >= 11 is 0. The average molecular weight is 265 g/mol. The first-order chi connectivity index (χ1) is 9.03. The molecule has 104 valence electrons. The van der Waals surface area contributed by atoms with Crippen molar-refractivity contribution in [2.45, 2.75) is 25.7 Å². The molecule has 5 nitrogen and oxygen atoms in total. The van der Waals surface area contributed by atoms with Gasteiger partial charge < -0.3 is 19.5 Å². The molecule has 1 aromatic rings. The van der Waals surface area contributed by atoms with Crippen LogP contribution in [0, 0.1) is 0 Å². The van der Waals surface area contributed by atoms with Gasteiger partial charge in [0.05, 0.1) is 13.2 Å². The Labute approximate surface area is 112 Å². The van der Waals surface area contributed by atoms with Crippen molar-refractivity contribution < 1.29 is 19.0 Å². The van der Waals surface area contributed by atoms with Crippen LogP contribution in [0.1, 0.15) is 25.7 Å². The highest BCUT2D eigenvalue weighted by molar-refractivity contribution is 5.96. The van der Waals surface area contributed by atoms with E-state index in [-0.39, 0.29) is 12.2 Å². The van der Waals surface area contributed by atoms with Gasteiger partial charge in [-0.1, -0.05) is 12.1 Å². The SMILES string of the molecule is COC(C)(C)C(=O)Nc1cccc(C2OCCO2)c1. The molecule has 0 unspecified atom stereocenters. The fraction of sp³-hybridized carbons (Fsp3) is 0.500. The van der Waals surface area contributed by atoms with E-state index in [0.29, 0.717) is 18.9 Å². The maximum absolute atomic E-state index is 12.0. The summed E-state index contributed by atoms with van der Waals surface area (Å²) in [4.78, 5) is 12.0. The third-order valence-corrected chi connectivity index (χ3v) is 3.10. The summed E-state index contributed by atoms with van der Waals surface area (Å²) in [7, 11) is 1.51. The standard InChI is InChI=1S/C14H19NO4/c1-14(2,17-3)13(16)15-11-6-4-5-10(9-11)12-18-7-8-19-12/h4-6,9,12H,7-8H2,1-3H3,(H,15,16). The summed E-state index contributed by atoms with van der Waals surface area (Å²) in [5.41, 5.74) is 0.730. The van der Waals surface area contributed by atoms with E-state index in [0.717, 1.165) is 5.56 Å². The minimum atomic E-state index is -0.865. The molecule has 1 heterocycles. The Kier molecular flexibility index (Phi) is 4.19. The van der Waals surface area contributed by atoms with E-state index in [9.17, 15) is 4.79 Å². The van der Waals surface area contributed by atoms with Gasteiger partial charge >= 0.3 is 0 Å². The maximum Gasteiger partial charge on any atom is 0.256 e. The Morgan fingerprint density at radius 2 is 2.05 bits per heavy atom. The summed E-state index contributed by atoms with van der Waals surface area (Å²) in [5, 5.41) is 2.82. The normalized spacial score (nSPS) is 16.6. The van der Waals surface area contributed by atoms with Crippen LogP contribution in [0.2, 0.25) is 0 Å². The van der Waals surface area contributed by atoms with Crippen LogP contribution < -0.4 is 5.32 Å². The Balaban J connectivity index is 2.09. The fourth-order valence-electron chi connectivity index (χ4n) is 1.69. The first-order valence-corrected chi connectivity index (χ1v) is 6.23. The van der Waals surface area contributed by atoms with Crippen LogP contribution >= 0.6 is 0 Å². The Bertz CT molecular complexity index is 453. The summed E-state index contributed by atoms with van der Waals surface area (Å²) in [6.45, 7) is 4.63. The Morgan fingerprint density at radius 1 is 1.37 bits per heavy atom. The first kappa shape index (κ1) is 14.0. The number of ether oxygens (including phenoxy) is 3. The molecule has 1 N–H and O–H groups in total. The highest BCUT2D eigenvalue weighted by Gasteiger charge is 2.27. The molecule has 0 bridgehead atoms. The zero-order valence-electron chi connectivity index (χ0n) is 11.4. The van der Waals surface area contributed by atoms with Gasteiger partial charge in [0, 0.05) is 18.4 Å². The summed E-state index contributed by atoms with van der Waals surface area (Å²) in [5.74, 6) is -0.194. The molecule has 1 aromatic carbocycles. The van der Waals surface area contributed by atoms with E-state index in [4.69, 9.17) is 14.2 Å². The van der Waals surface area contributed by atoms with Gasteiger partial charge in [-0.15, -0.1) is 0 Å². The molecule has 0 atom stereocenters. The lowest BCUT2D eigenvalue weighted by molar-refractivity contribution is -0.133. The Morgan fingerprint density at radius 3 is 2.68 bits per heavy atom. The minimum Gasteiger partial charge on any atom is -0.369 e. The molecule has 0 aliphatic carbocycles. The molecule has 1 fully saturated rings. The second-order valence-electron chi connectivity index (χ2n) is 4.87. The molecule has 5 heteroatoms. The molecule has 1 aliphatic heterocycles. The van der Waals surface area contributed by atoms with Crippen molar-refractivity contribution in [1.29, 1.82) is 0 Å². The number of methoxy groups -OCH3 is 1. The van der Waals surface area contributed by atoms with Crippen LogP contribution in [-0.4, -0.2) is 31.8 Å². The maximum atomic E-state index is 12.0. The van der Waals surface area contributed by atoms with Crippen LogP contribution in [0.25, 0.3) is 0 Å². The van der Waals surface area contributed by atoms with E-state index in [1.54, 1.807) is 13.8 Å². The van der Waals surface area contributed by atoms with Gasteiger partial charge in [-0.2, -0.15) is 0 Å². The topological polar surface area (TPSA) is 56.8 Å². The fourth-order valence-corrected chi connectivity index (χ4v) is 1.69. The lowest BCUT2D eigenvalue weighted by Crippen LogP contribution is -2.38. The largest absolute Gasteiger partial charge is 0.369 e. The number of hydrogen-bond donors (Lipinski definition) is 1. The summed E-state index contributed by atoms with van der Waals surface area (Å²) in [6.07, 6.45) is -0.340. The van der Waals surface area contributed by atoms with Crippen LogP contribution in [0.3, 0.4) is 0 Å². The second kappa shape index (κ2) is 5.69. The monoisotopic (exact) mass is 265 g/mol. The van der Waals surface area contributed by atoms with Gasteiger partial charge in [-0.3, -0.25) is 4.79 Å². The van der Waals surface area contributed by atoms with Crippen molar-refractivity contribution in [2.24, 2.45) is 0 Å². The van der Waals surface area contributed by atoms with Crippen molar-refractivity contribution in [1.82, 2.24) is 0 Å². The van der Waals surface area contributed by atoms with Crippen molar-refractivity contribution in [3.05, 3.63) is 29.8 Å². The predicted molar refractivity (Wildman–Crippen MR) is 70.8 cm³/mol. The van der Waals surface area contributed by atoms with Gasteiger partial charge in [0.15, 0.2) is 6.29 Å². The zero-order chi connectivity index (χ0) is 13.9. The Hall–Kier alpha value is -1.43. The minimum absolute atomic E-state index is 0.194. The molecular formula is C14H19NO4. The average Bonchev–Trinajstić information content (AvgIpc) is 2.93. The smallest absolute Gasteiger partial charge is 0.256 e. The van der Waals surface area contributed by atoms with Crippen molar-refractivity contribution in [2.75, 3.05) is 25.6 Å². The first-order valence-electron chi connectivity index (χ1n) is 6.23. The van der Waals surface area contributed by atoms with Crippen molar-refractivity contribution >= 4 is 11.6 Å². The number of anilines is 1. The number of benzene rings is 1. The van der Waals surface area contributed by atoms with Crippen molar-refractivity contribution in [3.63, 3.8) is 0 Å². The highest BCUT2D eigenvalue weighted by atomic mass is 16.7. The molecule has 1 amide bonds. The highest BCUT2D eigenvalue weighted by Crippen LogP contribution is 2.25. The van der Waals surface area contributed by atoms with Crippen LogP contribution in [0.5, 0.6) is 0 Å². The number of hydrogen-bond acceptors (Lipinski definition) is 4. The lowest BCUT2D eigenvalue weighted by Gasteiger charge is -2.22. The number of nitrogens with one attached hydrogen (secondary N) is 1. The number of rotatable bonds is 4. The van der Waals surface area contributed by atoms with E-state index in [1.165, 1.54) is 7.11 Å². The quantitative estimate of drug-likeness (QED) is 0.905. The van der Waals surface area contributed by atoms with Gasteiger partial charge in [-0.25, -0.2) is 0 Å². The number of amides is 1. The summed E-state index contributed by atoms with van der Waals surface area (Å²) < 4.78 is 16.0. The van der Waals surface area contributed by atoms with Crippen LogP contribution in [0.4, 0.5) is 5.69 Å². The molecule has 0 aromatic heterocycles. The molecule has 0 spiro atoms. The van der Waals surface area contributed by atoms with E-state index in [1.807, 2.05) is 24.3 Å². The van der Waals surface area contributed by atoms with E-state index >= 15 is 0 Å². The van der Waals surface area contributed by atoms with Gasteiger partial charge in [0.2, 0.25) is 0 Å². The predicted octanol–water partition coefficient (Wildman–Crippen LogP) is 2.10. The molecule has 0 radical (unpaired) electrons. The van der Waals surface area contributed by atoms with E-state index < -0.39 is 5.60 Å². The van der Waals surface area contributed by atoms with E-state index in [2.05, 4.69) is 5.32 Å². The molecule has 2 rings (SSSR count). The molecule has 0 saturated carbocycles. The third-order valence-electron chi connectivity index (χ3n) is 3.10. The van der Waals surface area contributed by atoms with Crippen LogP contribution in [-0.2, 0) is 19.0 Å². The molecular weight excluding hydrogens is 246 g/mol. The van der Waals surface area contributed by atoms with Crippen LogP contribution in [0.15, 0.2) is 24.3 Å². The summed E-state index contributed by atoms with van der Waals surface area (Å²) in [6, 6.07) is 7.44. The van der Waals surface area contributed by atoms with Gasteiger partial charge in [0.25, 0.3) is 5.91 Å². The van der Waals surface area contributed by atoms with Gasteiger partial charge in [0.1, 0.15) is 5.60 Å². The van der Waals surface area contributed by atoms with Crippen molar-refractivity contribution in [3.8, 4) is 0 Å². The number of carbonyl (C=O) groups excluding carboxylic acids is 1. The zero-order valence-corrected chi connectivity index (χ0v) is 11.4. The van der Waals surface area contributed by atoms with Gasteiger partial charge in [-0.05, 0) is 26.0 Å². The second-order valence-corrected chi connectivity index (χ2v) is 4.87. The molecule has 1 aliphatic rings. The number of carbonyl (C=O) groups is 1. The third kappa shape index (κ3) is 3.32. The molecule has 19 heavy (non-hydrogen) atoms. The lowest BCUT2D eigenvalue weighted by atomic mass is 10.1.